The summed E-state index contributed by atoms with van der Waals surface area (Å²) in [5.74, 6) is 3.52. The number of hydrogen-bond acceptors (Lipinski definition) is 5. The zero-order valence-corrected chi connectivity index (χ0v) is 15.1. The lowest BCUT2D eigenvalue weighted by Crippen LogP contribution is -2.29. The number of likely N-dealkylation sites (tertiary alicyclic amines) is 1. The molecule has 0 N–H and O–H groups in total. The van der Waals surface area contributed by atoms with Crippen LogP contribution in [-0.4, -0.2) is 41.0 Å². The largest absolute Gasteiger partial charge is 0.497 e. The number of amides is 1. The molecule has 2 fully saturated rings. The number of carbonyl (C=O) groups excluding carboxylic acids is 1. The minimum absolute atomic E-state index is 0.177. The number of aromatic nitrogens is 2. The van der Waals surface area contributed by atoms with E-state index in [1.165, 1.54) is 0 Å². The maximum absolute atomic E-state index is 12.3. The standard InChI is InChI=1S/C20H23N3O3/c1-13-11-18(26-17-7-5-16(25-2)6-8-17)22-19(21-13)15-9-10-23(12-15)20(24)14-3-4-14/h5-8,11,14-15H,3-4,9-10,12H2,1-2H3. The van der Waals surface area contributed by atoms with Crippen molar-refractivity contribution in [2.45, 2.75) is 32.1 Å². The molecule has 1 aliphatic heterocycles. The molecule has 1 atom stereocenters. The van der Waals surface area contributed by atoms with E-state index in [-0.39, 0.29) is 11.8 Å². The highest BCUT2D eigenvalue weighted by Gasteiger charge is 2.37. The van der Waals surface area contributed by atoms with Gasteiger partial charge in [0.2, 0.25) is 11.8 Å². The van der Waals surface area contributed by atoms with Crippen LogP contribution in [0.1, 0.15) is 36.7 Å². The molecule has 1 aromatic carbocycles. The van der Waals surface area contributed by atoms with Gasteiger partial charge in [0.25, 0.3) is 0 Å². The number of methoxy groups -OCH3 is 1. The van der Waals surface area contributed by atoms with Crippen LogP contribution in [0.5, 0.6) is 17.4 Å². The molecular formula is C20H23N3O3. The Kier molecular flexibility index (Phi) is 4.49. The maximum atomic E-state index is 12.3. The Balaban J connectivity index is 1.48. The number of benzene rings is 1. The van der Waals surface area contributed by atoms with Crippen LogP contribution in [0.2, 0.25) is 0 Å². The SMILES string of the molecule is COc1ccc(Oc2cc(C)nc(C3CCN(C(=O)C4CC4)C3)n2)cc1. The molecule has 0 bridgehead atoms. The van der Waals surface area contributed by atoms with Crippen molar-refractivity contribution in [1.82, 2.24) is 14.9 Å². The highest BCUT2D eigenvalue weighted by Crippen LogP contribution is 2.35. The van der Waals surface area contributed by atoms with Gasteiger partial charge in [-0.05, 0) is 50.5 Å². The second-order valence-corrected chi connectivity index (χ2v) is 7.03. The minimum Gasteiger partial charge on any atom is -0.497 e. The normalized spacial score (nSPS) is 19.5. The van der Waals surface area contributed by atoms with Crippen molar-refractivity contribution in [3.63, 3.8) is 0 Å². The highest BCUT2D eigenvalue weighted by atomic mass is 16.5. The van der Waals surface area contributed by atoms with Crippen LogP contribution < -0.4 is 9.47 Å². The molecule has 1 aromatic heterocycles. The Morgan fingerprint density at radius 3 is 2.54 bits per heavy atom. The molecular weight excluding hydrogens is 330 g/mol. The van der Waals surface area contributed by atoms with E-state index in [1.54, 1.807) is 7.11 Å². The van der Waals surface area contributed by atoms with E-state index < -0.39 is 0 Å². The van der Waals surface area contributed by atoms with Gasteiger partial charge in [-0.3, -0.25) is 4.79 Å². The Labute approximate surface area is 153 Å². The van der Waals surface area contributed by atoms with Gasteiger partial charge in [-0.15, -0.1) is 0 Å². The summed E-state index contributed by atoms with van der Waals surface area (Å²) in [4.78, 5) is 23.4. The van der Waals surface area contributed by atoms with Gasteiger partial charge >= 0.3 is 0 Å². The summed E-state index contributed by atoms with van der Waals surface area (Å²) in [6, 6.07) is 9.23. The fraction of sp³-hybridized carbons (Fsp3) is 0.450. The quantitative estimate of drug-likeness (QED) is 0.825. The first kappa shape index (κ1) is 16.8. The molecule has 2 aliphatic rings. The van der Waals surface area contributed by atoms with Crippen LogP contribution in [0, 0.1) is 12.8 Å². The first-order valence-corrected chi connectivity index (χ1v) is 9.08. The van der Waals surface area contributed by atoms with E-state index in [2.05, 4.69) is 9.97 Å². The second-order valence-electron chi connectivity index (χ2n) is 7.03. The lowest BCUT2D eigenvalue weighted by Gasteiger charge is -2.16. The monoisotopic (exact) mass is 353 g/mol. The molecule has 6 heteroatoms. The third-order valence-electron chi connectivity index (χ3n) is 4.92. The zero-order chi connectivity index (χ0) is 18.1. The van der Waals surface area contributed by atoms with Crippen LogP contribution in [0.4, 0.5) is 0 Å². The van der Waals surface area contributed by atoms with E-state index >= 15 is 0 Å². The van der Waals surface area contributed by atoms with Crippen molar-refractivity contribution in [2.24, 2.45) is 5.92 Å². The number of hydrogen-bond donors (Lipinski definition) is 0. The maximum Gasteiger partial charge on any atom is 0.225 e. The predicted octanol–water partition coefficient (Wildman–Crippen LogP) is 3.31. The average Bonchev–Trinajstić information content (AvgIpc) is 3.37. The Bertz CT molecular complexity index is 802. The van der Waals surface area contributed by atoms with E-state index in [4.69, 9.17) is 9.47 Å². The minimum atomic E-state index is 0.177. The number of ether oxygens (including phenoxy) is 2. The van der Waals surface area contributed by atoms with Crippen LogP contribution >= 0.6 is 0 Å². The van der Waals surface area contributed by atoms with E-state index in [9.17, 15) is 4.79 Å². The molecule has 2 aromatic rings. The van der Waals surface area contributed by atoms with Gasteiger partial charge in [-0.1, -0.05) is 0 Å². The van der Waals surface area contributed by atoms with Crippen LogP contribution in [-0.2, 0) is 4.79 Å². The summed E-state index contributed by atoms with van der Waals surface area (Å²) in [6.07, 6.45) is 2.99. The predicted molar refractivity (Wildman–Crippen MR) is 96.5 cm³/mol. The van der Waals surface area contributed by atoms with Gasteiger partial charge < -0.3 is 14.4 Å². The molecule has 136 valence electrons. The lowest BCUT2D eigenvalue weighted by molar-refractivity contribution is -0.131. The Hall–Kier alpha value is -2.63. The zero-order valence-electron chi connectivity index (χ0n) is 15.1. The van der Waals surface area contributed by atoms with Crippen molar-refractivity contribution in [2.75, 3.05) is 20.2 Å². The van der Waals surface area contributed by atoms with Crippen molar-refractivity contribution in [3.8, 4) is 17.4 Å². The molecule has 0 spiro atoms. The first-order chi connectivity index (χ1) is 12.6. The molecule has 0 radical (unpaired) electrons. The van der Waals surface area contributed by atoms with Gasteiger partial charge in [0.05, 0.1) is 7.11 Å². The summed E-state index contributed by atoms with van der Waals surface area (Å²) in [5, 5.41) is 0. The molecule has 1 aliphatic carbocycles. The molecule has 1 saturated heterocycles. The molecule has 1 unspecified atom stereocenters. The van der Waals surface area contributed by atoms with Gasteiger partial charge in [-0.25, -0.2) is 4.98 Å². The number of nitrogens with zero attached hydrogens (tertiary/aromatic N) is 3. The molecule has 6 nitrogen and oxygen atoms in total. The lowest BCUT2D eigenvalue weighted by atomic mass is 10.1. The summed E-state index contributed by atoms with van der Waals surface area (Å²) < 4.78 is 11.1. The Morgan fingerprint density at radius 2 is 1.85 bits per heavy atom. The fourth-order valence-corrected chi connectivity index (χ4v) is 3.32. The van der Waals surface area contributed by atoms with Crippen molar-refractivity contribution < 1.29 is 14.3 Å². The Morgan fingerprint density at radius 1 is 1.12 bits per heavy atom. The van der Waals surface area contributed by atoms with E-state index in [1.807, 2.05) is 42.2 Å². The van der Waals surface area contributed by atoms with Gasteiger partial charge in [-0.2, -0.15) is 4.98 Å². The summed E-state index contributed by atoms with van der Waals surface area (Å²) in [6.45, 7) is 3.45. The van der Waals surface area contributed by atoms with E-state index in [0.29, 0.717) is 24.1 Å². The highest BCUT2D eigenvalue weighted by molar-refractivity contribution is 5.81. The summed E-state index contributed by atoms with van der Waals surface area (Å²) >= 11 is 0. The third-order valence-corrected chi connectivity index (χ3v) is 4.92. The van der Waals surface area contributed by atoms with Crippen molar-refractivity contribution in [3.05, 3.63) is 41.9 Å². The number of carbonyl (C=O) groups is 1. The van der Waals surface area contributed by atoms with Gasteiger partial charge in [0, 0.05) is 36.7 Å². The third kappa shape index (κ3) is 3.64. The molecule has 1 saturated carbocycles. The first-order valence-electron chi connectivity index (χ1n) is 9.08. The van der Waals surface area contributed by atoms with Gasteiger partial charge in [0.1, 0.15) is 17.3 Å². The van der Waals surface area contributed by atoms with E-state index in [0.717, 1.165) is 43.1 Å². The summed E-state index contributed by atoms with van der Waals surface area (Å²) in [7, 11) is 1.63. The van der Waals surface area contributed by atoms with Crippen molar-refractivity contribution >= 4 is 5.91 Å². The molecule has 2 heterocycles. The van der Waals surface area contributed by atoms with Gasteiger partial charge in [0.15, 0.2) is 0 Å². The van der Waals surface area contributed by atoms with Crippen LogP contribution in [0.25, 0.3) is 0 Å². The number of rotatable bonds is 5. The smallest absolute Gasteiger partial charge is 0.225 e. The summed E-state index contributed by atoms with van der Waals surface area (Å²) in [5.41, 5.74) is 0.866. The molecule has 1 amide bonds. The fourth-order valence-electron chi connectivity index (χ4n) is 3.32. The molecule has 4 rings (SSSR count). The topological polar surface area (TPSA) is 64.6 Å². The molecule has 26 heavy (non-hydrogen) atoms. The van der Waals surface area contributed by atoms with Crippen molar-refractivity contribution in [1.29, 1.82) is 0 Å². The van der Waals surface area contributed by atoms with Crippen LogP contribution in [0.3, 0.4) is 0 Å². The van der Waals surface area contributed by atoms with Crippen LogP contribution in [0.15, 0.2) is 30.3 Å². The average molecular weight is 353 g/mol. The number of aryl methyl sites for hydroxylation is 1. The second kappa shape index (κ2) is 6.94.